The summed E-state index contributed by atoms with van der Waals surface area (Å²) in [5, 5.41) is 0. The van der Waals surface area contributed by atoms with E-state index in [1.807, 2.05) is 6.92 Å². The fourth-order valence-electron chi connectivity index (χ4n) is 2.15. The molecule has 0 radical (unpaired) electrons. The number of aromatic amines is 1. The largest absolute Gasteiger partial charge is 0.416 e. The van der Waals surface area contributed by atoms with Crippen molar-refractivity contribution in [1.82, 2.24) is 9.97 Å². The highest BCUT2D eigenvalue weighted by molar-refractivity contribution is 7.71. The normalized spacial score (nSPS) is 11.7. The lowest BCUT2D eigenvalue weighted by molar-refractivity contribution is -0.137. The number of hydrogen-bond donors (Lipinski definition) is 1. The standard InChI is InChI=1S/C15H15F3N2S/c1-3-4-13-19-12(8-14(21)20-13)11-6-5-10(7-9(11)2)15(16,17)18/h5-8H,3-4H2,1-2H3,(H,19,20,21). The van der Waals surface area contributed by atoms with Crippen molar-refractivity contribution in [3.63, 3.8) is 0 Å². The van der Waals surface area contributed by atoms with E-state index in [1.54, 1.807) is 13.0 Å². The highest BCUT2D eigenvalue weighted by Crippen LogP contribution is 2.32. The lowest BCUT2D eigenvalue weighted by Gasteiger charge is -2.12. The Kier molecular flexibility index (Phi) is 4.46. The highest BCUT2D eigenvalue weighted by atomic mass is 32.1. The molecule has 1 heterocycles. The van der Waals surface area contributed by atoms with Crippen LogP contribution in [0.3, 0.4) is 0 Å². The van der Waals surface area contributed by atoms with Crippen LogP contribution in [-0.4, -0.2) is 9.97 Å². The number of aryl methyl sites for hydroxylation is 2. The zero-order chi connectivity index (χ0) is 15.6. The number of nitrogens with zero attached hydrogens (tertiary/aromatic N) is 1. The van der Waals surface area contributed by atoms with Crippen LogP contribution in [0, 0.1) is 11.6 Å². The topological polar surface area (TPSA) is 28.7 Å². The van der Waals surface area contributed by atoms with Crippen LogP contribution in [0.4, 0.5) is 13.2 Å². The SMILES string of the molecule is CCCc1nc(=S)cc(-c2ccc(C(F)(F)F)cc2C)[nH]1. The van der Waals surface area contributed by atoms with Gasteiger partial charge < -0.3 is 4.98 Å². The van der Waals surface area contributed by atoms with Crippen LogP contribution >= 0.6 is 12.2 Å². The predicted molar refractivity (Wildman–Crippen MR) is 78.6 cm³/mol. The Bertz CT molecular complexity index is 705. The van der Waals surface area contributed by atoms with E-state index in [2.05, 4.69) is 9.97 Å². The molecule has 0 amide bonds. The van der Waals surface area contributed by atoms with Crippen molar-refractivity contribution in [3.8, 4) is 11.3 Å². The number of H-pyrrole nitrogens is 1. The van der Waals surface area contributed by atoms with Gasteiger partial charge in [-0.15, -0.1) is 0 Å². The van der Waals surface area contributed by atoms with Crippen molar-refractivity contribution in [1.29, 1.82) is 0 Å². The predicted octanol–water partition coefficient (Wildman–Crippen LogP) is 5.09. The number of rotatable bonds is 3. The number of aromatic nitrogens is 2. The molecule has 0 atom stereocenters. The summed E-state index contributed by atoms with van der Waals surface area (Å²) in [4.78, 5) is 7.36. The molecular weight excluding hydrogens is 297 g/mol. The fraction of sp³-hybridized carbons (Fsp3) is 0.333. The van der Waals surface area contributed by atoms with Crippen LogP contribution in [0.15, 0.2) is 24.3 Å². The van der Waals surface area contributed by atoms with Crippen molar-refractivity contribution in [2.45, 2.75) is 32.9 Å². The van der Waals surface area contributed by atoms with Gasteiger partial charge in [0.2, 0.25) is 0 Å². The Hall–Kier alpha value is -1.69. The molecular formula is C15H15F3N2S. The zero-order valence-electron chi connectivity index (χ0n) is 11.7. The lowest BCUT2D eigenvalue weighted by atomic mass is 10.0. The summed E-state index contributed by atoms with van der Waals surface area (Å²) in [7, 11) is 0. The van der Waals surface area contributed by atoms with Gasteiger partial charge in [-0.25, -0.2) is 4.98 Å². The molecule has 0 aliphatic carbocycles. The molecule has 0 unspecified atom stereocenters. The van der Waals surface area contributed by atoms with Gasteiger partial charge in [0, 0.05) is 17.7 Å². The average Bonchev–Trinajstić information content (AvgIpc) is 2.37. The Morgan fingerprint density at radius 3 is 2.52 bits per heavy atom. The van der Waals surface area contributed by atoms with Crippen LogP contribution < -0.4 is 0 Å². The number of hydrogen-bond acceptors (Lipinski definition) is 2. The number of alkyl halides is 3. The molecule has 21 heavy (non-hydrogen) atoms. The van der Waals surface area contributed by atoms with Gasteiger partial charge in [0.1, 0.15) is 10.5 Å². The molecule has 2 aromatic rings. The molecule has 0 aliphatic rings. The smallest absolute Gasteiger partial charge is 0.343 e. The maximum atomic E-state index is 12.7. The van der Waals surface area contributed by atoms with Gasteiger partial charge in [0.15, 0.2) is 0 Å². The van der Waals surface area contributed by atoms with Gasteiger partial charge in [0.05, 0.1) is 5.56 Å². The van der Waals surface area contributed by atoms with Crippen molar-refractivity contribution in [3.05, 3.63) is 45.9 Å². The quantitative estimate of drug-likeness (QED) is 0.800. The molecule has 0 aliphatic heterocycles. The molecule has 1 aromatic carbocycles. The van der Waals surface area contributed by atoms with Gasteiger partial charge in [-0.1, -0.05) is 25.2 Å². The molecule has 6 heteroatoms. The van der Waals surface area contributed by atoms with E-state index >= 15 is 0 Å². The van der Waals surface area contributed by atoms with Gasteiger partial charge >= 0.3 is 6.18 Å². The summed E-state index contributed by atoms with van der Waals surface area (Å²) in [6.45, 7) is 3.68. The summed E-state index contributed by atoms with van der Waals surface area (Å²) < 4.78 is 38.5. The number of nitrogens with one attached hydrogen (secondary N) is 1. The number of halogens is 3. The summed E-state index contributed by atoms with van der Waals surface area (Å²) in [5.41, 5.74) is 1.30. The monoisotopic (exact) mass is 312 g/mol. The molecule has 0 spiro atoms. The Balaban J connectivity index is 2.50. The zero-order valence-corrected chi connectivity index (χ0v) is 12.5. The first-order valence-electron chi connectivity index (χ1n) is 6.59. The van der Waals surface area contributed by atoms with Crippen LogP contribution in [0.2, 0.25) is 0 Å². The van der Waals surface area contributed by atoms with E-state index in [-0.39, 0.29) is 0 Å². The van der Waals surface area contributed by atoms with E-state index in [0.29, 0.717) is 21.5 Å². The van der Waals surface area contributed by atoms with E-state index in [9.17, 15) is 13.2 Å². The van der Waals surface area contributed by atoms with E-state index in [4.69, 9.17) is 12.2 Å². The van der Waals surface area contributed by atoms with Gasteiger partial charge in [0.25, 0.3) is 0 Å². The average molecular weight is 312 g/mol. The molecule has 1 N–H and O–H groups in total. The van der Waals surface area contributed by atoms with E-state index in [1.165, 1.54) is 6.07 Å². The Morgan fingerprint density at radius 1 is 1.24 bits per heavy atom. The molecule has 0 bridgehead atoms. The minimum Gasteiger partial charge on any atom is -0.343 e. The molecule has 2 nitrogen and oxygen atoms in total. The molecule has 1 aromatic heterocycles. The maximum absolute atomic E-state index is 12.7. The molecule has 0 saturated carbocycles. The first kappa shape index (κ1) is 15.7. The maximum Gasteiger partial charge on any atom is 0.416 e. The molecule has 0 fully saturated rings. The second kappa shape index (κ2) is 5.97. The minimum absolute atomic E-state index is 0.437. The third-order valence-electron chi connectivity index (χ3n) is 3.12. The summed E-state index contributed by atoms with van der Waals surface area (Å²) in [6.07, 6.45) is -2.67. The molecule has 112 valence electrons. The Labute approximate surface area is 126 Å². The first-order chi connectivity index (χ1) is 9.81. The second-order valence-corrected chi connectivity index (χ2v) is 5.28. The first-order valence-corrected chi connectivity index (χ1v) is 7.00. The second-order valence-electron chi connectivity index (χ2n) is 4.86. The fourth-order valence-corrected chi connectivity index (χ4v) is 2.38. The third kappa shape index (κ3) is 3.69. The minimum atomic E-state index is -4.33. The highest BCUT2D eigenvalue weighted by Gasteiger charge is 2.30. The van der Waals surface area contributed by atoms with Crippen molar-refractivity contribution in [2.24, 2.45) is 0 Å². The lowest BCUT2D eigenvalue weighted by Crippen LogP contribution is -2.05. The molecule has 2 rings (SSSR count). The van der Waals surface area contributed by atoms with Crippen LogP contribution in [0.25, 0.3) is 11.3 Å². The summed E-state index contributed by atoms with van der Waals surface area (Å²) in [5.74, 6) is 0.749. The molecule has 0 saturated heterocycles. The third-order valence-corrected chi connectivity index (χ3v) is 3.33. The van der Waals surface area contributed by atoms with Gasteiger partial charge in [-0.2, -0.15) is 13.2 Å². The van der Waals surface area contributed by atoms with Crippen molar-refractivity contribution >= 4 is 12.2 Å². The van der Waals surface area contributed by atoms with Crippen LogP contribution in [0.1, 0.15) is 30.3 Å². The van der Waals surface area contributed by atoms with E-state index in [0.717, 1.165) is 30.8 Å². The van der Waals surface area contributed by atoms with Gasteiger partial charge in [-0.3, -0.25) is 0 Å². The van der Waals surface area contributed by atoms with Crippen molar-refractivity contribution in [2.75, 3.05) is 0 Å². The van der Waals surface area contributed by atoms with Gasteiger partial charge in [-0.05, 0) is 37.1 Å². The van der Waals surface area contributed by atoms with E-state index < -0.39 is 11.7 Å². The summed E-state index contributed by atoms with van der Waals surface area (Å²) >= 11 is 5.12. The van der Waals surface area contributed by atoms with Crippen molar-refractivity contribution < 1.29 is 13.2 Å². The number of benzene rings is 1. The summed E-state index contributed by atoms with van der Waals surface area (Å²) in [6, 6.07) is 5.36. The van der Waals surface area contributed by atoms with Crippen LogP contribution in [0.5, 0.6) is 0 Å². The van der Waals surface area contributed by atoms with Crippen LogP contribution in [-0.2, 0) is 12.6 Å². The Morgan fingerprint density at radius 2 is 1.95 bits per heavy atom.